The molecule has 0 amide bonds. The summed E-state index contributed by atoms with van der Waals surface area (Å²) in [6.07, 6.45) is 3.33. The summed E-state index contributed by atoms with van der Waals surface area (Å²) in [6.45, 7) is 7.76. The molecule has 1 N–H and O–H groups in total. The molecule has 2 atom stereocenters. The van der Waals surface area contributed by atoms with E-state index in [0.717, 1.165) is 12.5 Å². The van der Waals surface area contributed by atoms with E-state index in [1.807, 2.05) is 0 Å². The molecule has 0 fully saturated rings. The van der Waals surface area contributed by atoms with E-state index in [1.54, 1.807) is 0 Å². The minimum absolute atomic E-state index is 0.592. The van der Waals surface area contributed by atoms with E-state index in [-0.39, 0.29) is 0 Å². The molecule has 0 saturated carbocycles. The topological polar surface area (TPSA) is 17.0 Å². The van der Waals surface area contributed by atoms with E-state index >= 15 is 0 Å². The lowest BCUT2D eigenvalue weighted by molar-refractivity contribution is 0.386. The molecule has 2 unspecified atom stereocenters. The van der Waals surface area contributed by atoms with Gasteiger partial charge in [0.15, 0.2) is 0 Å². The summed E-state index contributed by atoms with van der Waals surface area (Å²) < 4.78 is 2.16. The zero-order chi connectivity index (χ0) is 10.6. The van der Waals surface area contributed by atoms with Crippen LogP contribution < -0.4 is 5.32 Å². The first-order chi connectivity index (χ1) is 6.65. The lowest BCUT2D eigenvalue weighted by Gasteiger charge is -2.20. The van der Waals surface area contributed by atoms with Crippen molar-refractivity contribution in [1.29, 1.82) is 0 Å². The molecule has 1 aromatic heterocycles. The normalized spacial score (nSPS) is 15.4. The molecule has 2 heteroatoms. The quantitative estimate of drug-likeness (QED) is 0.762. The summed E-state index contributed by atoms with van der Waals surface area (Å²) >= 11 is 0. The first-order valence-electron chi connectivity index (χ1n) is 5.48. The number of hydrogen-bond donors (Lipinski definition) is 1. The minimum atomic E-state index is 0.592. The summed E-state index contributed by atoms with van der Waals surface area (Å²) in [6, 6.07) is 4.84. The van der Waals surface area contributed by atoms with Crippen molar-refractivity contribution in [3.8, 4) is 0 Å². The number of aryl methyl sites for hydroxylation is 1. The predicted octanol–water partition coefficient (Wildman–Crippen LogP) is 2.55. The number of aromatic nitrogens is 1. The van der Waals surface area contributed by atoms with Crippen LogP contribution in [0.15, 0.2) is 18.3 Å². The first-order valence-corrected chi connectivity index (χ1v) is 5.48. The van der Waals surface area contributed by atoms with Crippen molar-refractivity contribution in [1.82, 2.24) is 9.88 Å². The smallest absolute Gasteiger partial charge is 0.0361 e. The highest BCUT2D eigenvalue weighted by molar-refractivity contribution is 5.06. The van der Waals surface area contributed by atoms with Gasteiger partial charge in [0.1, 0.15) is 0 Å². The molecule has 0 bridgehead atoms. The average molecular weight is 194 g/mol. The van der Waals surface area contributed by atoms with Gasteiger partial charge in [-0.15, -0.1) is 0 Å². The standard InChI is InChI=1S/C12H22N2/c1-5-10(2)11(3)13-9-12-7-6-8-14(12)4/h6-8,10-11,13H,5,9H2,1-4H3. The van der Waals surface area contributed by atoms with Gasteiger partial charge in [0, 0.05) is 31.5 Å². The van der Waals surface area contributed by atoms with Crippen LogP contribution in [0.4, 0.5) is 0 Å². The van der Waals surface area contributed by atoms with Gasteiger partial charge in [-0.1, -0.05) is 20.3 Å². The van der Waals surface area contributed by atoms with Gasteiger partial charge >= 0.3 is 0 Å². The van der Waals surface area contributed by atoms with Crippen LogP contribution in [-0.2, 0) is 13.6 Å². The lowest BCUT2D eigenvalue weighted by Crippen LogP contribution is -2.31. The number of rotatable bonds is 5. The predicted molar refractivity (Wildman–Crippen MR) is 61.2 cm³/mol. The molecule has 0 aliphatic carbocycles. The van der Waals surface area contributed by atoms with E-state index in [0.29, 0.717) is 6.04 Å². The van der Waals surface area contributed by atoms with Crippen molar-refractivity contribution in [3.63, 3.8) is 0 Å². The molecule has 0 aromatic carbocycles. The molecule has 14 heavy (non-hydrogen) atoms. The Kier molecular flexibility index (Phi) is 4.21. The van der Waals surface area contributed by atoms with Crippen LogP contribution >= 0.6 is 0 Å². The molecular weight excluding hydrogens is 172 g/mol. The van der Waals surface area contributed by atoms with Crippen LogP contribution in [0.25, 0.3) is 0 Å². The molecule has 2 nitrogen and oxygen atoms in total. The third-order valence-corrected chi connectivity index (χ3v) is 3.15. The molecule has 1 rings (SSSR count). The monoisotopic (exact) mass is 194 g/mol. The second-order valence-electron chi connectivity index (χ2n) is 4.17. The third kappa shape index (κ3) is 2.88. The SMILES string of the molecule is CCC(C)C(C)NCc1cccn1C. The maximum Gasteiger partial charge on any atom is 0.0361 e. The maximum absolute atomic E-state index is 3.56. The Hall–Kier alpha value is -0.760. The molecule has 0 saturated heterocycles. The highest BCUT2D eigenvalue weighted by Crippen LogP contribution is 2.08. The molecule has 1 heterocycles. The second-order valence-corrected chi connectivity index (χ2v) is 4.17. The van der Waals surface area contributed by atoms with Gasteiger partial charge in [-0.2, -0.15) is 0 Å². The molecule has 0 radical (unpaired) electrons. The summed E-state index contributed by atoms with van der Waals surface area (Å²) in [7, 11) is 2.09. The van der Waals surface area contributed by atoms with Crippen LogP contribution in [-0.4, -0.2) is 10.6 Å². The molecule has 0 aliphatic heterocycles. The lowest BCUT2D eigenvalue weighted by atomic mass is 10.0. The van der Waals surface area contributed by atoms with Gasteiger partial charge in [-0.05, 0) is 25.0 Å². The molecule has 0 aliphatic rings. The Balaban J connectivity index is 2.37. The minimum Gasteiger partial charge on any atom is -0.353 e. The summed E-state index contributed by atoms with van der Waals surface area (Å²) in [4.78, 5) is 0. The van der Waals surface area contributed by atoms with Crippen LogP contribution in [0.2, 0.25) is 0 Å². The Morgan fingerprint density at radius 3 is 2.64 bits per heavy atom. The molecule has 1 aromatic rings. The van der Waals surface area contributed by atoms with E-state index < -0.39 is 0 Å². The second kappa shape index (κ2) is 5.20. The van der Waals surface area contributed by atoms with E-state index in [2.05, 4.69) is 56.0 Å². The highest BCUT2D eigenvalue weighted by Gasteiger charge is 2.09. The van der Waals surface area contributed by atoms with Crippen molar-refractivity contribution < 1.29 is 0 Å². The fourth-order valence-corrected chi connectivity index (χ4v) is 1.50. The zero-order valence-corrected chi connectivity index (χ0v) is 9.75. The largest absolute Gasteiger partial charge is 0.353 e. The van der Waals surface area contributed by atoms with Crippen molar-refractivity contribution in [3.05, 3.63) is 24.0 Å². The molecule has 0 spiro atoms. The summed E-state index contributed by atoms with van der Waals surface area (Å²) in [5.41, 5.74) is 1.35. The zero-order valence-electron chi connectivity index (χ0n) is 9.75. The van der Waals surface area contributed by atoms with Gasteiger partial charge in [-0.3, -0.25) is 0 Å². The van der Waals surface area contributed by atoms with Crippen LogP contribution in [0, 0.1) is 5.92 Å². The van der Waals surface area contributed by atoms with Crippen LogP contribution in [0.3, 0.4) is 0 Å². The van der Waals surface area contributed by atoms with Gasteiger partial charge in [0.2, 0.25) is 0 Å². The van der Waals surface area contributed by atoms with E-state index in [9.17, 15) is 0 Å². The maximum atomic E-state index is 3.56. The summed E-state index contributed by atoms with van der Waals surface area (Å²) in [5, 5.41) is 3.56. The Morgan fingerprint density at radius 1 is 1.43 bits per heavy atom. The molecular formula is C12H22N2. The van der Waals surface area contributed by atoms with Crippen molar-refractivity contribution in [2.75, 3.05) is 0 Å². The number of nitrogens with one attached hydrogen (secondary N) is 1. The van der Waals surface area contributed by atoms with Gasteiger partial charge < -0.3 is 9.88 Å². The van der Waals surface area contributed by atoms with Crippen LogP contribution in [0.5, 0.6) is 0 Å². The Bertz CT molecular complexity index is 265. The van der Waals surface area contributed by atoms with Crippen molar-refractivity contribution in [2.24, 2.45) is 13.0 Å². The Labute approximate surface area is 87.3 Å². The van der Waals surface area contributed by atoms with Gasteiger partial charge in [0.25, 0.3) is 0 Å². The average Bonchev–Trinajstić information content (AvgIpc) is 2.59. The fraction of sp³-hybridized carbons (Fsp3) is 0.667. The number of nitrogens with zero attached hydrogens (tertiary/aromatic N) is 1. The van der Waals surface area contributed by atoms with Gasteiger partial charge in [0.05, 0.1) is 0 Å². The Morgan fingerprint density at radius 2 is 2.14 bits per heavy atom. The fourth-order valence-electron chi connectivity index (χ4n) is 1.50. The molecule has 80 valence electrons. The summed E-state index contributed by atoms with van der Waals surface area (Å²) in [5.74, 6) is 0.746. The van der Waals surface area contributed by atoms with Crippen LogP contribution in [0.1, 0.15) is 32.9 Å². The third-order valence-electron chi connectivity index (χ3n) is 3.15. The highest BCUT2D eigenvalue weighted by atomic mass is 15.0. The van der Waals surface area contributed by atoms with Gasteiger partial charge in [-0.25, -0.2) is 0 Å². The van der Waals surface area contributed by atoms with E-state index in [1.165, 1.54) is 12.1 Å². The van der Waals surface area contributed by atoms with Crippen molar-refractivity contribution >= 4 is 0 Å². The first kappa shape index (κ1) is 11.3. The van der Waals surface area contributed by atoms with E-state index in [4.69, 9.17) is 0 Å². The number of hydrogen-bond acceptors (Lipinski definition) is 1. The van der Waals surface area contributed by atoms with Crippen molar-refractivity contribution in [2.45, 2.75) is 39.8 Å².